The second kappa shape index (κ2) is 11.7. The lowest BCUT2D eigenvalue weighted by molar-refractivity contribution is -0.171. The molecule has 0 radical (unpaired) electrons. The molecule has 0 amide bonds. The molecule has 0 spiro atoms. The topological polar surface area (TPSA) is 68.1 Å². The molecule has 2 saturated carbocycles. The minimum absolute atomic E-state index is 0.0961. The molecule has 45 heavy (non-hydrogen) atoms. The number of nitrogens with one attached hydrogen (secondary N) is 1. The lowest BCUT2D eigenvalue weighted by Gasteiger charge is -2.62. The highest BCUT2D eigenvalue weighted by molar-refractivity contribution is 5.84. The van der Waals surface area contributed by atoms with Gasteiger partial charge in [-0.1, -0.05) is 82.5 Å². The van der Waals surface area contributed by atoms with E-state index in [2.05, 4.69) is 78.6 Å². The molecule has 4 nitrogen and oxygen atoms in total. The average Bonchev–Trinajstić information content (AvgIpc) is 3.52. The Morgan fingerprint density at radius 3 is 2.53 bits per heavy atom. The van der Waals surface area contributed by atoms with E-state index < -0.39 is 6.04 Å². The lowest BCUT2D eigenvalue weighted by Crippen LogP contribution is -2.56. The van der Waals surface area contributed by atoms with E-state index in [4.69, 9.17) is 10.5 Å². The molecule has 1 aromatic carbocycles. The van der Waals surface area contributed by atoms with Gasteiger partial charge < -0.3 is 15.5 Å². The molecule has 4 aliphatic rings. The zero-order valence-corrected chi connectivity index (χ0v) is 29.5. The first-order valence-electron chi connectivity index (χ1n) is 18.1. The molecule has 1 unspecified atom stereocenters. The molecular formula is C41H60N2O2. The number of carbonyl (C=O) groups is 1. The number of fused-ring (bicyclic) bond motifs is 5. The van der Waals surface area contributed by atoms with Gasteiger partial charge in [-0.05, 0) is 124 Å². The molecule has 8 atom stereocenters. The SMILES string of the molecule is CC(C)=CCC[C@@H](C)[C@H]1CC[C@@]2(C)C3=C(CC[C@]12C)[C@@]1(C)CC[C@H](OC(=O)[C@@H](N)Cc2c[nH]c4ccccc24)C(C)(C)C1CC3. The fourth-order valence-electron chi connectivity index (χ4n) is 11.5. The van der Waals surface area contributed by atoms with Crippen molar-refractivity contribution in [1.29, 1.82) is 0 Å². The van der Waals surface area contributed by atoms with Crippen molar-refractivity contribution in [2.45, 2.75) is 138 Å². The number of para-hydroxylation sites is 1. The Morgan fingerprint density at radius 1 is 1.02 bits per heavy atom. The normalized spacial score (nSPS) is 35.3. The van der Waals surface area contributed by atoms with Gasteiger partial charge in [0.25, 0.3) is 0 Å². The molecular weight excluding hydrogens is 552 g/mol. The van der Waals surface area contributed by atoms with E-state index in [0.29, 0.717) is 23.2 Å². The largest absolute Gasteiger partial charge is 0.461 e. The maximum absolute atomic E-state index is 13.4. The van der Waals surface area contributed by atoms with Crippen LogP contribution in [0.4, 0.5) is 0 Å². The molecule has 1 aromatic heterocycles. The van der Waals surface area contributed by atoms with Crippen LogP contribution in [0, 0.1) is 39.4 Å². The van der Waals surface area contributed by atoms with E-state index in [0.717, 1.165) is 41.1 Å². The predicted octanol–water partition coefficient (Wildman–Crippen LogP) is 10.1. The summed E-state index contributed by atoms with van der Waals surface area (Å²) in [5, 5.41) is 1.13. The summed E-state index contributed by atoms with van der Waals surface area (Å²) < 4.78 is 6.36. The molecule has 0 aliphatic heterocycles. The maximum atomic E-state index is 13.4. The van der Waals surface area contributed by atoms with Crippen LogP contribution < -0.4 is 5.73 Å². The van der Waals surface area contributed by atoms with Gasteiger partial charge in [-0.3, -0.25) is 4.79 Å². The fraction of sp³-hybridized carbons (Fsp3) is 0.683. The van der Waals surface area contributed by atoms with Gasteiger partial charge in [0.1, 0.15) is 12.1 Å². The molecule has 6 rings (SSSR count). The van der Waals surface area contributed by atoms with E-state index in [1.165, 1.54) is 56.9 Å². The number of hydrogen-bond donors (Lipinski definition) is 2. The highest BCUT2D eigenvalue weighted by atomic mass is 16.5. The summed E-state index contributed by atoms with van der Waals surface area (Å²) >= 11 is 0. The van der Waals surface area contributed by atoms with Gasteiger partial charge in [-0.2, -0.15) is 0 Å². The van der Waals surface area contributed by atoms with Crippen LogP contribution in [0.15, 0.2) is 53.3 Å². The smallest absolute Gasteiger partial charge is 0.323 e. The first-order valence-corrected chi connectivity index (χ1v) is 18.1. The van der Waals surface area contributed by atoms with E-state index in [-0.39, 0.29) is 22.9 Å². The number of esters is 1. The molecule has 0 saturated heterocycles. The van der Waals surface area contributed by atoms with E-state index in [1.54, 1.807) is 5.57 Å². The molecule has 1 heterocycles. The highest BCUT2D eigenvalue weighted by Crippen LogP contribution is 2.72. The van der Waals surface area contributed by atoms with Gasteiger partial charge in [0, 0.05) is 28.9 Å². The lowest BCUT2D eigenvalue weighted by atomic mass is 9.43. The van der Waals surface area contributed by atoms with Crippen LogP contribution in [0.1, 0.15) is 125 Å². The summed E-state index contributed by atoms with van der Waals surface area (Å²) in [7, 11) is 0. The Kier molecular flexibility index (Phi) is 8.50. The van der Waals surface area contributed by atoms with Crippen molar-refractivity contribution in [3.63, 3.8) is 0 Å². The summed E-state index contributed by atoms with van der Waals surface area (Å²) in [6, 6.07) is 7.53. The van der Waals surface area contributed by atoms with Gasteiger partial charge >= 0.3 is 5.97 Å². The number of allylic oxidation sites excluding steroid dienone is 4. The summed E-state index contributed by atoms with van der Waals surface area (Å²) in [5.41, 5.74) is 14.5. The first-order chi connectivity index (χ1) is 21.2. The van der Waals surface area contributed by atoms with Crippen LogP contribution >= 0.6 is 0 Å². The van der Waals surface area contributed by atoms with Crippen molar-refractivity contribution in [2.24, 2.45) is 45.1 Å². The van der Waals surface area contributed by atoms with Crippen LogP contribution in [-0.4, -0.2) is 23.1 Å². The quantitative estimate of drug-likeness (QED) is 0.230. The van der Waals surface area contributed by atoms with Crippen molar-refractivity contribution in [1.82, 2.24) is 4.98 Å². The van der Waals surface area contributed by atoms with Crippen molar-refractivity contribution < 1.29 is 9.53 Å². The van der Waals surface area contributed by atoms with Crippen molar-refractivity contribution in [3.05, 3.63) is 58.8 Å². The number of aromatic amines is 1. The number of rotatable bonds is 8. The van der Waals surface area contributed by atoms with Gasteiger partial charge in [0.15, 0.2) is 0 Å². The third-order valence-electron chi connectivity index (χ3n) is 14.3. The average molecular weight is 613 g/mol. The van der Waals surface area contributed by atoms with E-state index in [9.17, 15) is 4.79 Å². The number of hydrogen-bond acceptors (Lipinski definition) is 3. The molecule has 4 aliphatic carbocycles. The third-order valence-corrected chi connectivity index (χ3v) is 14.3. The highest BCUT2D eigenvalue weighted by Gasteiger charge is 2.63. The second-order valence-corrected chi connectivity index (χ2v) is 17.2. The van der Waals surface area contributed by atoms with Crippen LogP contribution in [-0.2, 0) is 16.0 Å². The Labute approximate surface area is 273 Å². The molecule has 246 valence electrons. The molecule has 0 bridgehead atoms. The van der Waals surface area contributed by atoms with Crippen molar-refractivity contribution >= 4 is 16.9 Å². The standard InChI is InChI=1S/C41H60N2O2/c1-26(2)12-11-13-27(3)30-18-22-41(8)32-16-17-35-38(4,5)36(20-21-39(35,6)31(32)19-23-40(30,41)7)45-37(44)33(42)24-28-25-43-34-15-10-9-14-29(28)34/h9-10,12,14-15,25,27,30,33,35-36,43H,11,13,16-24,42H2,1-8H3/t27-,30-,33+,35?,36+,39-,40-,41+/m1/s1. The number of aromatic nitrogens is 1. The number of nitrogens with two attached hydrogens (primary N) is 1. The van der Waals surface area contributed by atoms with E-state index >= 15 is 0 Å². The van der Waals surface area contributed by atoms with Gasteiger partial charge in [0.05, 0.1) is 0 Å². The Balaban J connectivity index is 1.18. The van der Waals surface area contributed by atoms with Crippen LogP contribution in [0.3, 0.4) is 0 Å². The Bertz CT molecular complexity index is 1490. The van der Waals surface area contributed by atoms with Crippen molar-refractivity contribution in [2.75, 3.05) is 0 Å². The Morgan fingerprint density at radius 2 is 1.78 bits per heavy atom. The van der Waals surface area contributed by atoms with Crippen LogP contribution in [0.25, 0.3) is 10.9 Å². The molecule has 3 N–H and O–H groups in total. The number of carbonyl (C=O) groups excluding carboxylic acids is 1. The number of ether oxygens (including phenoxy) is 1. The third kappa shape index (κ3) is 5.26. The number of H-pyrrole nitrogens is 1. The zero-order valence-electron chi connectivity index (χ0n) is 29.5. The van der Waals surface area contributed by atoms with E-state index in [1.807, 2.05) is 23.9 Å². The second-order valence-electron chi connectivity index (χ2n) is 17.2. The Hall–Kier alpha value is -2.33. The first kappa shape index (κ1) is 32.6. The fourth-order valence-corrected chi connectivity index (χ4v) is 11.5. The molecule has 2 aromatic rings. The van der Waals surface area contributed by atoms with Gasteiger partial charge in [-0.15, -0.1) is 0 Å². The minimum Gasteiger partial charge on any atom is -0.461 e. The minimum atomic E-state index is -0.662. The van der Waals surface area contributed by atoms with Crippen LogP contribution in [0.2, 0.25) is 0 Å². The molecule has 4 heteroatoms. The summed E-state index contributed by atoms with van der Waals surface area (Å²) in [5.74, 6) is 1.84. The summed E-state index contributed by atoms with van der Waals surface area (Å²) in [6.45, 7) is 19.6. The summed E-state index contributed by atoms with van der Waals surface area (Å²) in [4.78, 5) is 16.8. The zero-order chi connectivity index (χ0) is 32.4. The van der Waals surface area contributed by atoms with Crippen LogP contribution in [0.5, 0.6) is 0 Å². The van der Waals surface area contributed by atoms with Gasteiger partial charge in [0.2, 0.25) is 0 Å². The summed E-state index contributed by atoms with van der Waals surface area (Å²) in [6.07, 6.45) is 17.1. The number of benzene rings is 1. The predicted molar refractivity (Wildman–Crippen MR) is 187 cm³/mol. The molecule has 2 fully saturated rings. The van der Waals surface area contributed by atoms with Crippen molar-refractivity contribution in [3.8, 4) is 0 Å². The van der Waals surface area contributed by atoms with Gasteiger partial charge in [-0.25, -0.2) is 0 Å². The monoisotopic (exact) mass is 612 g/mol. The maximum Gasteiger partial charge on any atom is 0.323 e.